The Hall–Kier alpha value is -3.40. The number of fused-ring (bicyclic) bond motifs is 1. The number of ether oxygens (including phenoxy) is 1. The summed E-state index contributed by atoms with van der Waals surface area (Å²) in [6, 6.07) is 7.18. The highest BCUT2D eigenvalue weighted by molar-refractivity contribution is 6.32. The fourth-order valence-electron chi connectivity index (χ4n) is 3.34. The standard InChI is InChI=1S/C20H14ClF3N2O5/c21-14-7-12(16(27)8-17(14)28)18-13-9-26(5-4-15(13)25-31-18)19(29)10-2-1-3-11(6-10)30-20(22,23)24/h1-3,6-8,27-28H,4-5,9H2. The van der Waals surface area contributed by atoms with E-state index in [1.807, 2.05) is 0 Å². The number of nitrogens with zero attached hydrogens (tertiary/aromatic N) is 2. The molecule has 7 nitrogen and oxygen atoms in total. The van der Waals surface area contributed by atoms with Crippen LogP contribution in [0, 0.1) is 0 Å². The summed E-state index contributed by atoms with van der Waals surface area (Å²) in [7, 11) is 0. The average molecular weight is 455 g/mol. The van der Waals surface area contributed by atoms with Crippen molar-refractivity contribution in [1.29, 1.82) is 0 Å². The Bertz CT molecular complexity index is 1160. The van der Waals surface area contributed by atoms with Gasteiger partial charge in [-0.05, 0) is 24.3 Å². The number of halogens is 4. The summed E-state index contributed by atoms with van der Waals surface area (Å²) in [5.74, 6) is -1.42. The van der Waals surface area contributed by atoms with Gasteiger partial charge in [0.25, 0.3) is 5.91 Å². The summed E-state index contributed by atoms with van der Waals surface area (Å²) in [5, 5.41) is 23.8. The number of hydrogen-bond donors (Lipinski definition) is 2. The van der Waals surface area contributed by atoms with Crippen molar-refractivity contribution >= 4 is 17.5 Å². The molecule has 31 heavy (non-hydrogen) atoms. The number of hydrogen-bond acceptors (Lipinski definition) is 6. The molecule has 11 heteroatoms. The summed E-state index contributed by atoms with van der Waals surface area (Å²) in [6.07, 6.45) is -4.53. The van der Waals surface area contributed by atoms with Gasteiger partial charge < -0.3 is 24.4 Å². The van der Waals surface area contributed by atoms with Crippen LogP contribution >= 0.6 is 11.6 Å². The molecule has 0 saturated heterocycles. The molecular formula is C20H14ClF3N2O5. The van der Waals surface area contributed by atoms with E-state index in [1.165, 1.54) is 23.1 Å². The number of aromatic nitrogens is 1. The molecule has 1 aliphatic heterocycles. The molecule has 2 heterocycles. The van der Waals surface area contributed by atoms with Crippen molar-refractivity contribution < 1.29 is 37.4 Å². The van der Waals surface area contributed by atoms with E-state index in [4.69, 9.17) is 16.1 Å². The van der Waals surface area contributed by atoms with Crippen molar-refractivity contribution in [3.8, 4) is 28.6 Å². The Morgan fingerprint density at radius 2 is 1.97 bits per heavy atom. The van der Waals surface area contributed by atoms with E-state index in [9.17, 15) is 28.2 Å². The van der Waals surface area contributed by atoms with Gasteiger partial charge in [-0.25, -0.2) is 0 Å². The molecule has 1 aliphatic rings. The van der Waals surface area contributed by atoms with Crippen LogP contribution in [-0.2, 0) is 13.0 Å². The number of carbonyl (C=O) groups is 1. The predicted octanol–water partition coefficient (Wildman–Crippen LogP) is 4.50. The molecule has 0 atom stereocenters. The second-order valence-corrected chi connectivity index (χ2v) is 7.22. The van der Waals surface area contributed by atoms with E-state index in [2.05, 4.69) is 9.89 Å². The third-order valence-corrected chi connectivity index (χ3v) is 5.05. The fraction of sp³-hybridized carbons (Fsp3) is 0.200. The molecule has 1 amide bonds. The van der Waals surface area contributed by atoms with Crippen LogP contribution in [-0.4, -0.2) is 39.1 Å². The summed E-state index contributed by atoms with van der Waals surface area (Å²) in [5.41, 5.74) is 1.32. The number of rotatable bonds is 3. The summed E-state index contributed by atoms with van der Waals surface area (Å²) >= 11 is 5.93. The molecule has 1 aromatic heterocycles. The van der Waals surface area contributed by atoms with E-state index in [0.717, 1.165) is 18.2 Å². The first-order valence-corrected chi connectivity index (χ1v) is 9.34. The zero-order valence-electron chi connectivity index (χ0n) is 15.6. The van der Waals surface area contributed by atoms with Crippen molar-refractivity contribution in [3.63, 3.8) is 0 Å². The molecular weight excluding hydrogens is 441 g/mol. The number of phenolic OH excluding ortho intramolecular Hbond substituents is 2. The molecule has 0 aliphatic carbocycles. The van der Waals surface area contributed by atoms with Crippen LogP contribution in [0.2, 0.25) is 5.02 Å². The Morgan fingerprint density at radius 3 is 2.71 bits per heavy atom. The van der Waals surface area contributed by atoms with Crippen molar-refractivity contribution in [3.05, 3.63) is 58.2 Å². The molecule has 3 aromatic rings. The average Bonchev–Trinajstić information content (AvgIpc) is 3.12. The van der Waals surface area contributed by atoms with Crippen LogP contribution in [0.4, 0.5) is 13.2 Å². The fourth-order valence-corrected chi connectivity index (χ4v) is 3.50. The van der Waals surface area contributed by atoms with Gasteiger partial charge in [0.1, 0.15) is 17.2 Å². The van der Waals surface area contributed by atoms with Gasteiger partial charge in [-0.2, -0.15) is 0 Å². The first-order chi connectivity index (χ1) is 14.6. The van der Waals surface area contributed by atoms with Crippen molar-refractivity contribution in [2.45, 2.75) is 19.3 Å². The third kappa shape index (κ3) is 4.24. The lowest BCUT2D eigenvalue weighted by atomic mass is 10.00. The number of benzene rings is 2. The number of aromatic hydroxyl groups is 2. The van der Waals surface area contributed by atoms with E-state index in [0.29, 0.717) is 17.7 Å². The van der Waals surface area contributed by atoms with Crippen LogP contribution in [0.5, 0.6) is 17.2 Å². The molecule has 0 saturated carbocycles. The van der Waals surface area contributed by atoms with Gasteiger partial charge in [0.15, 0.2) is 5.76 Å². The van der Waals surface area contributed by atoms with E-state index >= 15 is 0 Å². The summed E-state index contributed by atoms with van der Waals surface area (Å²) in [6.45, 7) is 0.319. The van der Waals surface area contributed by atoms with Gasteiger partial charge in [0.05, 0.1) is 22.8 Å². The Balaban J connectivity index is 1.61. The summed E-state index contributed by atoms with van der Waals surface area (Å²) in [4.78, 5) is 14.3. The third-order valence-electron chi connectivity index (χ3n) is 4.75. The molecule has 0 fully saturated rings. The zero-order chi connectivity index (χ0) is 22.3. The maximum absolute atomic E-state index is 12.9. The maximum Gasteiger partial charge on any atom is 0.573 e. The van der Waals surface area contributed by atoms with E-state index in [-0.39, 0.29) is 46.5 Å². The van der Waals surface area contributed by atoms with Crippen molar-refractivity contribution in [1.82, 2.24) is 10.1 Å². The number of amides is 1. The zero-order valence-corrected chi connectivity index (χ0v) is 16.4. The largest absolute Gasteiger partial charge is 0.573 e. The highest BCUT2D eigenvalue weighted by Gasteiger charge is 2.32. The molecule has 162 valence electrons. The van der Waals surface area contributed by atoms with Crippen LogP contribution in [0.1, 0.15) is 21.6 Å². The lowest BCUT2D eigenvalue weighted by Crippen LogP contribution is -2.36. The molecule has 0 unspecified atom stereocenters. The predicted molar refractivity (Wildman–Crippen MR) is 102 cm³/mol. The van der Waals surface area contributed by atoms with Crippen LogP contribution < -0.4 is 4.74 Å². The highest BCUT2D eigenvalue weighted by Crippen LogP contribution is 2.40. The first-order valence-electron chi connectivity index (χ1n) is 8.97. The van der Waals surface area contributed by atoms with Crippen LogP contribution in [0.25, 0.3) is 11.3 Å². The SMILES string of the molecule is O=C(c1cccc(OC(F)(F)F)c1)N1CCc2noc(-c3cc(Cl)c(O)cc3O)c2C1. The summed E-state index contributed by atoms with van der Waals surface area (Å²) < 4.78 is 46.6. The van der Waals surface area contributed by atoms with E-state index < -0.39 is 18.0 Å². The lowest BCUT2D eigenvalue weighted by molar-refractivity contribution is -0.274. The van der Waals surface area contributed by atoms with E-state index in [1.54, 1.807) is 0 Å². The quantitative estimate of drug-likeness (QED) is 0.605. The highest BCUT2D eigenvalue weighted by atomic mass is 35.5. The van der Waals surface area contributed by atoms with Crippen LogP contribution in [0.3, 0.4) is 0 Å². The van der Waals surface area contributed by atoms with Gasteiger partial charge >= 0.3 is 6.36 Å². The minimum absolute atomic E-state index is 0.0110. The van der Waals surface area contributed by atoms with Crippen molar-refractivity contribution in [2.24, 2.45) is 0 Å². The second kappa shape index (κ2) is 7.69. The van der Waals surface area contributed by atoms with Gasteiger partial charge in [0.2, 0.25) is 0 Å². The number of carbonyl (C=O) groups excluding carboxylic acids is 1. The first kappa shape index (κ1) is 20.9. The number of alkyl halides is 3. The smallest absolute Gasteiger partial charge is 0.507 e. The Labute approximate surface area is 178 Å². The van der Waals surface area contributed by atoms with Gasteiger partial charge in [-0.15, -0.1) is 13.2 Å². The molecule has 0 radical (unpaired) electrons. The van der Waals surface area contributed by atoms with Gasteiger partial charge in [0, 0.05) is 30.2 Å². The normalized spacial score (nSPS) is 13.7. The maximum atomic E-state index is 12.9. The second-order valence-electron chi connectivity index (χ2n) is 6.81. The minimum Gasteiger partial charge on any atom is -0.507 e. The Morgan fingerprint density at radius 1 is 1.19 bits per heavy atom. The minimum atomic E-state index is -4.87. The molecule has 0 spiro atoms. The molecule has 2 N–H and O–H groups in total. The van der Waals surface area contributed by atoms with Gasteiger partial charge in [-0.1, -0.05) is 22.8 Å². The monoisotopic (exact) mass is 454 g/mol. The lowest BCUT2D eigenvalue weighted by Gasteiger charge is -2.26. The molecule has 2 aromatic carbocycles. The van der Waals surface area contributed by atoms with Crippen molar-refractivity contribution in [2.75, 3.05) is 6.54 Å². The van der Waals surface area contributed by atoms with Gasteiger partial charge in [-0.3, -0.25) is 4.79 Å². The van der Waals surface area contributed by atoms with Crippen LogP contribution in [0.15, 0.2) is 40.9 Å². The number of phenols is 2. The molecule has 0 bridgehead atoms. The molecule has 4 rings (SSSR count). The topological polar surface area (TPSA) is 96.0 Å². The Kier molecular flexibility index (Phi) is 5.18.